The molecule has 1 unspecified atom stereocenters. The monoisotopic (exact) mass is 450 g/mol. The molecule has 0 bridgehead atoms. The third-order valence-electron chi connectivity index (χ3n) is 5.20. The maximum atomic E-state index is 13.2. The van der Waals surface area contributed by atoms with E-state index in [1.54, 1.807) is 12.1 Å². The molecule has 0 spiro atoms. The Kier molecular flexibility index (Phi) is 5.22. The van der Waals surface area contributed by atoms with Gasteiger partial charge in [0.2, 0.25) is 5.60 Å². The van der Waals surface area contributed by atoms with Crippen molar-refractivity contribution in [2.24, 2.45) is 0 Å². The Hall–Kier alpha value is -2.98. The topological polar surface area (TPSA) is 77.0 Å². The first-order chi connectivity index (χ1) is 14.6. The summed E-state index contributed by atoms with van der Waals surface area (Å²) >= 11 is 1.37. The van der Waals surface area contributed by atoms with Gasteiger partial charge in [-0.05, 0) is 35.7 Å². The summed E-state index contributed by atoms with van der Waals surface area (Å²) in [5, 5.41) is 18.8. The second-order valence-electron chi connectivity index (χ2n) is 7.19. The van der Waals surface area contributed by atoms with E-state index in [9.17, 15) is 22.7 Å². The van der Waals surface area contributed by atoms with Gasteiger partial charge >= 0.3 is 6.18 Å². The van der Waals surface area contributed by atoms with Gasteiger partial charge in [-0.2, -0.15) is 13.2 Å². The second kappa shape index (κ2) is 7.61. The van der Waals surface area contributed by atoms with Crippen molar-refractivity contribution in [2.75, 3.05) is 5.73 Å². The Balaban J connectivity index is 1.64. The molecule has 4 rings (SSSR count). The molecular formula is C21H18F4N4OS. The summed E-state index contributed by atoms with van der Waals surface area (Å²) in [6.45, 7) is 1.41. The maximum absolute atomic E-state index is 13.2. The zero-order chi connectivity index (χ0) is 22.4. The van der Waals surface area contributed by atoms with E-state index in [4.69, 9.17) is 5.73 Å². The van der Waals surface area contributed by atoms with Gasteiger partial charge in [0.05, 0.1) is 17.7 Å². The zero-order valence-corrected chi connectivity index (χ0v) is 17.1. The lowest BCUT2D eigenvalue weighted by molar-refractivity contribution is -0.269. The third-order valence-corrected chi connectivity index (χ3v) is 6.18. The number of aliphatic hydroxyl groups is 1. The first-order valence-corrected chi connectivity index (χ1v) is 10.2. The highest BCUT2D eigenvalue weighted by atomic mass is 32.1. The Bertz CT molecular complexity index is 1230. The minimum absolute atomic E-state index is 0.171. The van der Waals surface area contributed by atoms with E-state index in [1.165, 1.54) is 35.1 Å². The smallest absolute Gasteiger partial charge is 0.390 e. The van der Waals surface area contributed by atoms with E-state index in [0.717, 1.165) is 33.0 Å². The van der Waals surface area contributed by atoms with Gasteiger partial charge in [0.1, 0.15) is 11.5 Å². The number of benzene rings is 2. The fraction of sp³-hybridized carbons (Fsp3) is 0.238. The number of rotatable bonds is 5. The number of alkyl halides is 3. The molecule has 3 N–H and O–H groups in total. The van der Waals surface area contributed by atoms with Crippen molar-refractivity contribution in [1.82, 2.24) is 15.0 Å². The number of fused-ring (bicyclic) bond motifs is 1. The molecule has 4 aromatic rings. The van der Waals surface area contributed by atoms with Gasteiger partial charge in [0.15, 0.2) is 0 Å². The molecule has 0 aliphatic rings. The van der Waals surface area contributed by atoms with E-state index < -0.39 is 23.9 Å². The van der Waals surface area contributed by atoms with Crippen molar-refractivity contribution in [3.63, 3.8) is 0 Å². The first-order valence-electron chi connectivity index (χ1n) is 9.39. The van der Waals surface area contributed by atoms with Crippen LogP contribution in [0.3, 0.4) is 0 Å². The largest absolute Gasteiger partial charge is 0.423 e. The summed E-state index contributed by atoms with van der Waals surface area (Å²) in [6, 6.07) is 11.6. The summed E-state index contributed by atoms with van der Waals surface area (Å²) in [6.07, 6.45) is -4.32. The van der Waals surface area contributed by atoms with E-state index in [2.05, 4.69) is 10.3 Å². The lowest BCUT2D eigenvalue weighted by atomic mass is 9.96. The lowest BCUT2D eigenvalue weighted by Gasteiger charge is -2.26. The minimum atomic E-state index is -4.85. The average molecular weight is 450 g/mol. The Labute approximate surface area is 178 Å². The fourth-order valence-electron chi connectivity index (χ4n) is 3.45. The fourth-order valence-corrected chi connectivity index (χ4v) is 4.51. The highest BCUT2D eigenvalue weighted by molar-refractivity contribution is 7.23. The molecule has 10 heteroatoms. The predicted molar refractivity (Wildman–Crippen MR) is 111 cm³/mol. The normalized spacial score (nSPS) is 14.1. The number of nitrogens with zero attached hydrogens (tertiary/aromatic N) is 3. The molecule has 162 valence electrons. The molecule has 5 nitrogen and oxygen atoms in total. The van der Waals surface area contributed by atoms with Gasteiger partial charge in [-0.3, -0.25) is 0 Å². The van der Waals surface area contributed by atoms with Gasteiger partial charge in [-0.1, -0.05) is 36.4 Å². The average Bonchev–Trinajstić information content (AvgIpc) is 3.31. The van der Waals surface area contributed by atoms with Crippen molar-refractivity contribution in [1.29, 1.82) is 0 Å². The lowest BCUT2D eigenvalue weighted by Crippen LogP contribution is -2.42. The summed E-state index contributed by atoms with van der Waals surface area (Å²) < 4.78 is 55.1. The second-order valence-corrected chi connectivity index (χ2v) is 8.28. The quantitative estimate of drug-likeness (QED) is 0.415. The number of aromatic nitrogens is 3. The van der Waals surface area contributed by atoms with Crippen LogP contribution in [0.2, 0.25) is 0 Å². The Morgan fingerprint density at radius 2 is 1.84 bits per heavy atom. The summed E-state index contributed by atoms with van der Waals surface area (Å²) in [5.74, 6) is -0.336. The zero-order valence-electron chi connectivity index (χ0n) is 16.3. The summed E-state index contributed by atoms with van der Waals surface area (Å²) in [5.41, 5.74) is 5.01. The van der Waals surface area contributed by atoms with Crippen LogP contribution in [0.15, 0.2) is 48.7 Å². The molecule has 0 fully saturated rings. The summed E-state index contributed by atoms with van der Waals surface area (Å²) in [7, 11) is 0. The summed E-state index contributed by atoms with van der Waals surface area (Å²) in [4.78, 5) is 0. The van der Waals surface area contributed by atoms with Gasteiger partial charge in [0, 0.05) is 15.6 Å². The van der Waals surface area contributed by atoms with Crippen LogP contribution in [0.25, 0.3) is 21.2 Å². The van der Waals surface area contributed by atoms with Crippen LogP contribution < -0.4 is 5.73 Å². The molecule has 0 saturated carbocycles. The van der Waals surface area contributed by atoms with Crippen LogP contribution in [-0.4, -0.2) is 26.3 Å². The molecule has 2 aromatic carbocycles. The van der Waals surface area contributed by atoms with Crippen LogP contribution in [0, 0.1) is 5.82 Å². The van der Waals surface area contributed by atoms with Gasteiger partial charge in [-0.15, -0.1) is 16.4 Å². The molecule has 31 heavy (non-hydrogen) atoms. The molecular weight excluding hydrogens is 432 g/mol. The van der Waals surface area contributed by atoms with E-state index >= 15 is 0 Å². The number of nitrogen functional groups attached to an aromatic ring is 1. The molecule has 2 aromatic heterocycles. The molecule has 1 atom stereocenters. The van der Waals surface area contributed by atoms with Crippen LogP contribution in [-0.2, 0) is 12.1 Å². The standard InChI is InChI=1S/C21H18F4N4OS/c1-2-20(30,21(23,24)25)17-11-29(28-27-17)10-12-3-8-15-16(9-12)31-19(26)18(15)13-4-6-14(22)7-5-13/h3-9,11,30H,2,10,26H2,1H3. The molecule has 0 aliphatic carbocycles. The number of nitrogens with two attached hydrogens (primary N) is 1. The SMILES string of the molecule is CCC(O)(c1cn(Cc2ccc3c(-c4ccc(F)cc4)c(N)sc3c2)nn1)C(F)(F)F. The van der Waals surface area contributed by atoms with Gasteiger partial charge in [0.25, 0.3) is 0 Å². The number of hydrogen-bond donors (Lipinski definition) is 2. The van der Waals surface area contributed by atoms with Gasteiger partial charge < -0.3 is 10.8 Å². The van der Waals surface area contributed by atoms with Crippen LogP contribution in [0.4, 0.5) is 22.6 Å². The van der Waals surface area contributed by atoms with Crippen LogP contribution in [0.1, 0.15) is 24.6 Å². The van der Waals surface area contributed by atoms with E-state index in [-0.39, 0.29) is 12.4 Å². The number of thiophene rings is 1. The number of hydrogen-bond acceptors (Lipinski definition) is 5. The predicted octanol–water partition coefficient (Wildman–Crippen LogP) is 5.09. The van der Waals surface area contributed by atoms with Crippen molar-refractivity contribution in [3.05, 3.63) is 65.7 Å². The molecule has 2 heterocycles. The Morgan fingerprint density at radius 1 is 1.13 bits per heavy atom. The third kappa shape index (κ3) is 3.77. The van der Waals surface area contributed by atoms with Crippen LogP contribution in [0.5, 0.6) is 0 Å². The highest BCUT2D eigenvalue weighted by Crippen LogP contribution is 2.42. The van der Waals surface area contributed by atoms with Crippen molar-refractivity contribution >= 4 is 26.4 Å². The molecule has 0 aliphatic heterocycles. The van der Waals surface area contributed by atoms with Gasteiger partial charge in [-0.25, -0.2) is 9.07 Å². The number of halogens is 4. The minimum Gasteiger partial charge on any atom is -0.390 e. The first kappa shape index (κ1) is 21.3. The van der Waals surface area contributed by atoms with Crippen molar-refractivity contribution in [2.45, 2.75) is 31.7 Å². The number of anilines is 1. The van der Waals surface area contributed by atoms with E-state index in [0.29, 0.717) is 5.00 Å². The van der Waals surface area contributed by atoms with Crippen LogP contribution >= 0.6 is 11.3 Å². The highest BCUT2D eigenvalue weighted by Gasteiger charge is 2.55. The Morgan fingerprint density at radius 3 is 2.48 bits per heavy atom. The van der Waals surface area contributed by atoms with Crippen molar-refractivity contribution in [3.8, 4) is 11.1 Å². The molecule has 0 amide bonds. The molecule has 0 saturated heterocycles. The maximum Gasteiger partial charge on any atom is 0.423 e. The van der Waals surface area contributed by atoms with Crippen molar-refractivity contribution < 1.29 is 22.7 Å². The van der Waals surface area contributed by atoms with E-state index in [1.807, 2.05) is 18.2 Å². The molecule has 0 radical (unpaired) electrons.